The summed E-state index contributed by atoms with van der Waals surface area (Å²) in [7, 11) is 0. The molecule has 3 aromatic heterocycles. The van der Waals surface area contributed by atoms with Crippen LogP contribution in [0.5, 0.6) is 0 Å². The Balaban J connectivity index is 0.953. The molecule has 3 heteroatoms. The minimum absolute atomic E-state index is 0.941. The fourth-order valence-electron chi connectivity index (χ4n) is 10.6. The Morgan fingerprint density at radius 3 is 1.45 bits per heavy atom. The van der Waals surface area contributed by atoms with E-state index in [9.17, 15) is 0 Å². The van der Waals surface area contributed by atoms with Gasteiger partial charge in [0, 0.05) is 32.3 Å². The Morgan fingerprint density at radius 1 is 0.293 bits per heavy atom. The van der Waals surface area contributed by atoms with Crippen LogP contribution in [0.3, 0.4) is 0 Å². The lowest BCUT2D eigenvalue weighted by molar-refractivity contribution is 1.10. The first-order valence-corrected chi connectivity index (χ1v) is 20.1. The summed E-state index contributed by atoms with van der Waals surface area (Å²) in [6, 6.07) is 69.4. The van der Waals surface area contributed by atoms with E-state index >= 15 is 0 Å². The molecule has 9 aromatic carbocycles. The second-order valence-corrected chi connectivity index (χ2v) is 15.8. The van der Waals surface area contributed by atoms with Crippen LogP contribution < -0.4 is 0 Å². The van der Waals surface area contributed by atoms with Gasteiger partial charge in [-0.25, -0.2) is 4.98 Å². The highest BCUT2D eigenvalue weighted by atomic mass is 15.1. The van der Waals surface area contributed by atoms with Gasteiger partial charge in [0.25, 0.3) is 0 Å². The van der Waals surface area contributed by atoms with E-state index < -0.39 is 0 Å². The highest BCUT2D eigenvalue weighted by molar-refractivity contribution is 6.20. The van der Waals surface area contributed by atoms with Crippen LogP contribution in [0.1, 0.15) is 0 Å². The standard InChI is InChI=1S/C55H31N3/c1-2-12-35-34(11-1)40-17-9-19-43-50(28-25-42(35)54(40)43)57-48-21-7-5-15-38(48)44-29-32(23-26-51(44)57)33-24-27-52-45(30-33)39-16-6-8-22-49(39)58(52)53-31-46-37-14-4-3-13-36(37)41-18-10-20-47(56-53)55(41)46/h1-31H. The van der Waals surface area contributed by atoms with Crippen LogP contribution in [0.15, 0.2) is 188 Å². The minimum Gasteiger partial charge on any atom is -0.309 e. The maximum absolute atomic E-state index is 5.34. The molecular formula is C55H31N3. The molecule has 14 rings (SSSR count). The Hall–Kier alpha value is -7.75. The average molecular weight is 734 g/mol. The molecule has 2 aliphatic rings. The number of hydrogen-bond acceptors (Lipinski definition) is 1. The van der Waals surface area contributed by atoms with Gasteiger partial charge >= 0.3 is 0 Å². The molecule has 0 saturated carbocycles. The summed E-state index contributed by atoms with van der Waals surface area (Å²) >= 11 is 0. The van der Waals surface area contributed by atoms with Gasteiger partial charge in [0.15, 0.2) is 0 Å². The molecule has 0 unspecified atom stereocenters. The number of hydrogen-bond donors (Lipinski definition) is 0. The third-order valence-corrected chi connectivity index (χ3v) is 13.0. The van der Waals surface area contributed by atoms with Gasteiger partial charge in [-0.3, -0.25) is 4.57 Å². The van der Waals surface area contributed by atoms with Crippen LogP contribution in [-0.4, -0.2) is 14.1 Å². The molecule has 0 spiro atoms. The fourth-order valence-corrected chi connectivity index (χ4v) is 10.6. The van der Waals surface area contributed by atoms with Gasteiger partial charge in [-0.2, -0.15) is 0 Å². The van der Waals surface area contributed by atoms with Crippen LogP contribution in [0.25, 0.3) is 132 Å². The molecule has 0 saturated heterocycles. The monoisotopic (exact) mass is 733 g/mol. The largest absolute Gasteiger partial charge is 0.309 e. The van der Waals surface area contributed by atoms with Gasteiger partial charge in [0.1, 0.15) is 5.82 Å². The average Bonchev–Trinajstić information content (AvgIpc) is 4.00. The number of aromatic nitrogens is 3. The molecule has 0 bridgehead atoms. The molecule has 0 N–H and O–H groups in total. The van der Waals surface area contributed by atoms with Gasteiger partial charge in [-0.15, -0.1) is 0 Å². The molecule has 0 fully saturated rings. The first-order valence-electron chi connectivity index (χ1n) is 20.1. The van der Waals surface area contributed by atoms with E-state index in [0.717, 1.165) is 22.4 Å². The number of rotatable bonds is 3. The topological polar surface area (TPSA) is 22.8 Å². The maximum Gasteiger partial charge on any atom is 0.138 e. The van der Waals surface area contributed by atoms with E-state index in [-0.39, 0.29) is 0 Å². The van der Waals surface area contributed by atoms with Crippen LogP contribution in [0.4, 0.5) is 0 Å². The van der Waals surface area contributed by atoms with Crippen molar-refractivity contribution in [3.8, 4) is 67.1 Å². The molecule has 0 amide bonds. The predicted molar refractivity (Wildman–Crippen MR) is 242 cm³/mol. The number of para-hydroxylation sites is 2. The van der Waals surface area contributed by atoms with Crippen molar-refractivity contribution in [1.82, 2.24) is 14.1 Å². The van der Waals surface area contributed by atoms with Crippen LogP contribution in [0, 0.1) is 0 Å². The number of benzene rings is 9. The van der Waals surface area contributed by atoms with Gasteiger partial charge in [0.05, 0.1) is 33.3 Å². The van der Waals surface area contributed by atoms with Gasteiger partial charge in [-0.1, -0.05) is 133 Å². The van der Waals surface area contributed by atoms with Crippen molar-refractivity contribution >= 4 is 65.3 Å². The fraction of sp³-hybridized carbons (Fsp3) is 0. The Morgan fingerprint density at radius 2 is 0.776 bits per heavy atom. The third kappa shape index (κ3) is 3.85. The lowest BCUT2D eigenvalue weighted by Gasteiger charge is -2.13. The molecule has 58 heavy (non-hydrogen) atoms. The molecule has 0 aliphatic heterocycles. The van der Waals surface area contributed by atoms with Crippen molar-refractivity contribution in [2.24, 2.45) is 0 Å². The van der Waals surface area contributed by atoms with Crippen LogP contribution >= 0.6 is 0 Å². The summed E-state index contributed by atoms with van der Waals surface area (Å²) in [6.45, 7) is 0. The summed E-state index contributed by atoms with van der Waals surface area (Å²) in [4.78, 5) is 5.34. The van der Waals surface area contributed by atoms with Gasteiger partial charge < -0.3 is 4.57 Å². The molecule has 0 radical (unpaired) electrons. The summed E-state index contributed by atoms with van der Waals surface area (Å²) in [6.07, 6.45) is 0. The second kappa shape index (κ2) is 11.0. The third-order valence-electron chi connectivity index (χ3n) is 13.0. The van der Waals surface area contributed by atoms with E-state index in [1.54, 1.807) is 0 Å². The Kier molecular flexibility index (Phi) is 5.76. The van der Waals surface area contributed by atoms with Crippen molar-refractivity contribution in [3.63, 3.8) is 0 Å². The van der Waals surface area contributed by atoms with E-state index in [1.807, 2.05) is 0 Å². The van der Waals surface area contributed by atoms with Crippen molar-refractivity contribution in [2.75, 3.05) is 0 Å². The van der Waals surface area contributed by atoms with E-state index in [2.05, 4.69) is 197 Å². The lowest BCUT2D eigenvalue weighted by atomic mass is 10.0. The van der Waals surface area contributed by atoms with E-state index in [4.69, 9.17) is 4.98 Å². The number of pyridine rings is 1. The molecule has 3 nitrogen and oxygen atoms in total. The zero-order valence-electron chi connectivity index (χ0n) is 31.2. The first kappa shape index (κ1) is 30.5. The van der Waals surface area contributed by atoms with Crippen molar-refractivity contribution in [2.45, 2.75) is 0 Å². The molecule has 266 valence electrons. The van der Waals surface area contributed by atoms with Crippen molar-refractivity contribution < 1.29 is 0 Å². The zero-order chi connectivity index (χ0) is 37.6. The van der Waals surface area contributed by atoms with E-state index in [0.29, 0.717) is 0 Å². The molecule has 2 aliphatic carbocycles. The Labute approximate surface area is 333 Å². The van der Waals surface area contributed by atoms with Crippen molar-refractivity contribution in [1.29, 1.82) is 0 Å². The molecule has 3 heterocycles. The molecule has 0 atom stereocenters. The minimum atomic E-state index is 0.941. The van der Waals surface area contributed by atoms with Crippen molar-refractivity contribution in [3.05, 3.63) is 188 Å². The normalized spacial score (nSPS) is 12.5. The highest BCUT2D eigenvalue weighted by Crippen LogP contribution is 2.50. The van der Waals surface area contributed by atoms with E-state index in [1.165, 1.54) is 110 Å². The first-order chi connectivity index (χ1) is 28.8. The van der Waals surface area contributed by atoms with Crippen LogP contribution in [-0.2, 0) is 0 Å². The summed E-state index contributed by atoms with van der Waals surface area (Å²) in [5.74, 6) is 0.941. The van der Waals surface area contributed by atoms with Gasteiger partial charge in [-0.05, 0) is 116 Å². The smallest absolute Gasteiger partial charge is 0.138 e. The number of nitrogens with zero attached hydrogens (tertiary/aromatic N) is 3. The summed E-state index contributed by atoms with van der Waals surface area (Å²) in [5.41, 5.74) is 19.7. The SMILES string of the molecule is c1ccc2c(c1)-c1cccc3nc(-n4c5ccccc5c5cc(-c6ccc7c(c6)c6ccccc6n7-c6ccc7c8c(cccc68)-c6ccccc6-7)ccc54)cc-2c13. The highest BCUT2D eigenvalue weighted by Gasteiger charge is 2.26. The zero-order valence-corrected chi connectivity index (χ0v) is 31.2. The van der Waals surface area contributed by atoms with Gasteiger partial charge in [0.2, 0.25) is 0 Å². The lowest BCUT2D eigenvalue weighted by Crippen LogP contribution is -1.98. The second-order valence-electron chi connectivity index (χ2n) is 15.8. The predicted octanol–water partition coefficient (Wildman–Crippen LogP) is 14.5. The summed E-state index contributed by atoms with van der Waals surface area (Å²) in [5, 5.41) is 8.80. The molecule has 12 aromatic rings. The number of fused-ring (bicyclic) bond motifs is 12. The molecular weight excluding hydrogens is 703 g/mol. The quantitative estimate of drug-likeness (QED) is 0.177. The Bertz CT molecular complexity index is 3770. The van der Waals surface area contributed by atoms with Crippen LogP contribution in [0.2, 0.25) is 0 Å². The maximum atomic E-state index is 5.34. The summed E-state index contributed by atoms with van der Waals surface area (Å²) < 4.78 is 4.83.